The van der Waals surface area contributed by atoms with Gasteiger partial charge < -0.3 is 26.7 Å². The van der Waals surface area contributed by atoms with Crippen LogP contribution in [0, 0.1) is 0 Å². The molecule has 0 aliphatic heterocycles. The molecule has 0 aliphatic carbocycles. The molecule has 0 fully saturated rings. The van der Waals surface area contributed by atoms with Crippen LogP contribution in [0.3, 0.4) is 0 Å². The number of phenols is 1. The van der Waals surface area contributed by atoms with Crippen LogP contribution in [0.4, 0.5) is 11.4 Å². The number of hydrogen-bond acceptors (Lipinski definition) is 4. The molecule has 7 heteroatoms. The number of ether oxygens (including phenoxy) is 1. The average molecular weight is 384 g/mol. The molecular weight excluding hydrogens is 361 g/mol. The summed E-state index contributed by atoms with van der Waals surface area (Å²) >= 11 is 5.85. The minimum atomic E-state index is 0. The van der Waals surface area contributed by atoms with Gasteiger partial charge in [-0.25, -0.2) is 0 Å². The fraction of sp³-hybridized carbons (Fsp3) is 0.333. The van der Waals surface area contributed by atoms with E-state index in [1.165, 1.54) is 0 Å². The van der Waals surface area contributed by atoms with Crippen LogP contribution in [0.2, 0.25) is 5.02 Å². The van der Waals surface area contributed by atoms with Crippen molar-refractivity contribution in [2.45, 2.75) is 13.5 Å². The highest BCUT2D eigenvalue weighted by molar-refractivity contribution is 6.30. The quantitative estimate of drug-likeness (QED) is 0.451. The van der Waals surface area contributed by atoms with Gasteiger partial charge in [0.25, 0.3) is 0 Å². The van der Waals surface area contributed by atoms with Crippen LogP contribution in [0.15, 0.2) is 52.7 Å². The standard InChI is InChI=1S/C18H22ClN3O2.ClH/c1-4-24-13-22(2,3)12-14-11-17(9-10-18(14)23)21-20-16-7-5-15(19)6-8-16;/h5-11H,4,12-13H2,1-3H3;1H. The lowest BCUT2D eigenvalue weighted by atomic mass is 10.1. The molecule has 0 saturated heterocycles. The molecule has 0 bridgehead atoms. The predicted molar refractivity (Wildman–Crippen MR) is 96.0 cm³/mol. The number of benzene rings is 2. The Labute approximate surface area is 159 Å². The summed E-state index contributed by atoms with van der Waals surface area (Å²) in [4.78, 5) is 0. The molecule has 0 heterocycles. The van der Waals surface area contributed by atoms with E-state index in [9.17, 15) is 5.11 Å². The third-order valence-corrected chi connectivity index (χ3v) is 3.67. The maximum atomic E-state index is 10.1. The lowest BCUT2D eigenvalue weighted by molar-refractivity contribution is -0.922. The van der Waals surface area contributed by atoms with Gasteiger partial charge in [-0.15, -0.1) is 0 Å². The summed E-state index contributed by atoms with van der Waals surface area (Å²) in [6, 6.07) is 12.4. The molecular formula is C18H23Cl2N3O2. The van der Waals surface area contributed by atoms with Crippen molar-refractivity contribution in [2.75, 3.05) is 27.4 Å². The largest absolute Gasteiger partial charge is 1.00 e. The third-order valence-electron chi connectivity index (χ3n) is 3.41. The van der Waals surface area contributed by atoms with E-state index in [1.807, 2.05) is 13.0 Å². The van der Waals surface area contributed by atoms with Crippen LogP contribution in [0.5, 0.6) is 5.75 Å². The molecule has 0 unspecified atom stereocenters. The first-order valence-corrected chi connectivity index (χ1v) is 8.16. The average Bonchev–Trinajstić information content (AvgIpc) is 2.55. The molecule has 0 spiro atoms. The predicted octanol–water partition coefficient (Wildman–Crippen LogP) is 2.04. The Hall–Kier alpha value is -1.66. The first-order valence-electron chi connectivity index (χ1n) is 7.78. The van der Waals surface area contributed by atoms with Crippen molar-refractivity contribution in [3.63, 3.8) is 0 Å². The molecule has 0 saturated carbocycles. The van der Waals surface area contributed by atoms with Gasteiger partial charge in [-0.2, -0.15) is 10.2 Å². The molecule has 0 aliphatic rings. The number of phenolic OH excluding ortho intramolecular Hbond substituents is 1. The Balaban J connectivity index is 0.00000312. The summed E-state index contributed by atoms with van der Waals surface area (Å²) in [5.41, 5.74) is 2.22. The molecule has 0 amide bonds. The Morgan fingerprint density at radius 2 is 1.64 bits per heavy atom. The summed E-state index contributed by atoms with van der Waals surface area (Å²) in [6.07, 6.45) is 0. The van der Waals surface area contributed by atoms with Crippen LogP contribution in [-0.2, 0) is 11.3 Å². The summed E-state index contributed by atoms with van der Waals surface area (Å²) in [6.45, 7) is 3.85. The van der Waals surface area contributed by atoms with E-state index in [0.717, 1.165) is 11.3 Å². The molecule has 5 nitrogen and oxygen atoms in total. The molecule has 0 aromatic heterocycles. The van der Waals surface area contributed by atoms with E-state index in [1.54, 1.807) is 36.4 Å². The molecule has 2 aromatic carbocycles. The first kappa shape index (κ1) is 21.4. The van der Waals surface area contributed by atoms with E-state index in [2.05, 4.69) is 24.3 Å². The van der Waals surface area contributed by atoms with Gasteiger partial charge in [-0.05, 0) is 49.4 Å². The minimum Gasteiger partial charge on any atom is -1.00 e. The number of quaternary nitrogens is 1. The van der Waals surface area contributed by atoms with Gasteiger partial charge in [0, 0.05) is 11.6 Å². The van der Waals surface area contributed by atoms with Crippen molar-refractivity contribution in [3.8, 4) is 5.75 Å². The number of nitrogens with zero attached hydrogens (tertiary/aromatic N) is 3. The van der Waals surface area contributed by atoms with Gasteiger partial charge in [0.05, 0.1) is 31.0 Å². The summed E-state index contributed by atoms with van der Waals surface area (Å²) in [5, 5.41) is 19.2. The Bertz CT molecular complexity index is 704. The summed E-state index contributed by atoms with van der Waals surface area (Å²) < 4.78 is 6.10. The normalized spacial score (nSPS) is 11.5. The highest BCUT2D eigenvalue weighted by Crippen LogP contribution is 2.27. The molecule has 0 radical (unpaired) electrons. The Kier molecular flexibility index (Phi) is 8.32. The molecule has 25 heavy (non-hydrogen) atoms. The number of aromatic hydroxyl groups is 1. The van der Waals surface area contributed by atoms with Crippen molar-refractivity contribution >= 4 is 23.0 Å². The zero-order valence-electron chi connectivity index (χ0n) is 14.6. The van der Waals surface area contributed by atoms with Crippen molar-refractivity contribution in [1.29, 1.82) is 0 Å². The lowest BCUT2D eigenvalue weighted by Crippen LogP contribution is -3.00. The van der Waals surface area contributed by atoms with E-state index < -0.39 is 0 Å². The highest BCUT2D eigenvalue weighted by Gasteiger charge is 2.18. The van der Waals surface area contributed by atoms with Gasteiger partial charge in [-0.1, -0.05) is 11.6 Å². The first-order chi connectivity index (χ1) is 11.4. The van der Waals surface area contributed by atoms with Crippen LogP contribution in [0.25, 0.3) is 0 Å². The van der Waals surface area contributed by atoms with Crippen LogP contribution in [0.1, 0.15) is 12.5 Å². The Morgan fingerprint density at radius 3 is 2.28 bits per heavy atom. The third kappa shape index (κ3) is 7.00. The van der Waals surface area contributed by atoms with E-state index in [-0.39, 0.29) is 18.2 Å². The second-order valence-electron chi connectivity index (χ2n) is 6.21. The smallest absolute Gasteiger partial charge is 0.182 e. The zero-order valence-corrected chi connectivity index (χ0v) is 16.1. The Morgan fingerprint density at radius 1 is 1.04 bits per heavy atom. The number of hydrogen-bond donors (Lipinski definition) is 1. The summed E-state index contributed by atoms with van der Waals surface area (Å²) in [7, 11) is 4.11. The zero-order chi connectivity index (χ0) is 17.6. The van der Waals surface area contributed by atoms with Gasteiger partial charge in [0.15, 0.2) is 6.73 Å². The molecule has 1 N–H and O–H groups in total. The van der Waals surface area contributed by atoms with Crippen molar-refractivity contribution in [2.24, 2.45) is 10.2 Å². The fourth-order valence-electron chi connectivity index (χ4n) is 2.23. The highest BCUT2D eigenvalue weighted by atomic mass is 35.5. The number of azo groups is 1. The topological polar surface area (TPSA) is 54.2 Å². The van der Waals surface area contributed by atoms with E-state index in [4.69, 9.17) is 16.3 Å². The second kappa shape index (κ2) is 9.73. The van der Waals surface area contributed by atoms with Gasteiger partial charge in [-0.3, -0.25) is 0 Å². The van der Waals surface area contributed by atoms with Crippen LogP contribution < -0.4 is 12.4 Å². The monoisotopic (exact) mass is 383 g/mol. The van der Waals surface area contributed by atoms with Crippen LogP contribution in [-0.4, -0.2) is 37.0 Å². The molecule has 136 valence electrons. The molecule has 2 aromatic rings. The van der Waals surface area contributed by atoms with Crippen molar-refractivity contribution < 1.29 is 26.7 Å². The number of halogens is 2. The minimum absolute atomic E-state index is 0. The fourth-order valence-corrected chi connectivity index (χ4v) is 2.36. The van der Waals surface area contributed by atoms with Gasteiger partial charge in [0.1, 0.15) is 12.3 Å². The van der Waals surface area contributed by atoms with Gasteiger partial charge >= 0.3 is 0 Å². The molecule has 2 rings (SSSR count). The van der Waals surface area contributed by atoms with Crippen molar-refractivity contribution in [1.82, 2.24) is 0 Å². The van der Waals surface area contributed by atoms with E-state index >= 15 is 0 Å². The maximum absolute atomic E-state index is 10.1. The number of rotatable bonds is 7. The SMILES string of the molecule is CCOC[N+](C)(C)Cc1cc(N=Nc2ccc(Cl)cc2)ccc1O.[Cl-]. The summed E-state index contributed by atoms with van der Waals surface area (Å²) in [5.74, 6) is 0.253. The van der Waals surface area contributed by atoms with Gasteiger partial charge in [0.2, 0.25) is 0 Å². The van der Waals surface area contributed by atoms with Crippen LogP contribution >= 0.6 is 11.6 Å². The molecule has 0 atom stereocenters. The second-order valence-corrected chi connectivity index (χ2v) is 6.64. The van der Waals surface area contributed by atoms with Crippen molar-refractivity contribution in [3.05, 3.63) is 53.1 Å². The lowest BCUT2D eigenvalue weighted by Gasteiger charge is -2.29. The maximum Gasteiger partial charge on any atom is 0.182 e. The van der Waals surface area contributed by atoms with E-state index in [0.29, 0.717) is 35.1 Å².